The number of hydrogen-bond donors (Lipinski definition) is 2. The highest BCUT2D eigenvalue weighted by Crippen LogP contribution is 2.42. The number of aliphatic hydroxyl groups is 1. The second-order valence-corrected chi connectivity index (χ2v) is 8.21. The average molecular weight is 423 g/mol. The Morgan fingerprint density at radius 3 is 2.38 bits per heavy atom. The molecule has 0 unspecified atom stereocenters. The summed E-state index contributed by atoms with van der Waals surface area (Å²) in [6.07, 6.45) is 6.46. The Kier molecular flexibility index (Phi) is 5.61. The van der Waals surface area contributed by atoms with E-state index < -0.39 is 0 Å². The van der Waals surface area contributed by atoms with E-state index in [-0.39, 0.29) is 6.61 Å². The Morgan fingerprint density at radius 2 is 1.59 bits per heavy atom. The normalized spacial score (nSPS) is 13.3. The van der Waals surface area contributed by atoms with E-state index in [0.717, 1.165) is 24.0 Å². The molecule has 160 valence electrons. The lowest BCUT2D eigenvalue weighted by atomic mass is 9.79. The van der Waals surface area contributed by atoms with Crippen LogP contribution in [0.1, 0.15) is 35.1 Å². The molecule has 0 atom stereocenters. The van der Waals surface area contributed by atoms with Crippen LogP contribution < -0.4 is 0 Å². The van der Waals surface area contributed by atoms with Crippen molar-refractivity contribution in [2.75, 3.05) is 6.61 Å². The molecule has 0 saturated carbocycles. The fraction of sp³-hybridized carbons (Fsp3) is 0.179. The molecular weight excluding hydrogens is 396 g/mol. The van der Waals surface area contributed by atoms with E-state index in [1.54, 1.807) is 6.07 Å². The van der Waals surface area contributed by atoms with E-state index >= 15 is 0 Å². The molecule has 0 aliphatic heterocycles. The first-order valence-corrected chi connectivity index (χ1v) is 11.1. The third-order valence-corrected chi connectivity index (χ3v) is 6.11. The molecule has 0 saturated heterocycles. The van der Waals surface area contributed by atoms with Gasteiger partial charge in [0.2, 0.25) is 0 Å². The van der Waals surface area contributed by atoms with Gasteiger partial charge in [0.1, 0.15) is 5.75 Å². The molecule has 4 nitrogen and oxygen atoms in total. The molecule has 1 aliphatic rings. The maximum absolute atomic E-state index is 10.0. The minimum absolute atomic E-state index is 0.169. The van der Waals surface area contributed by atoms with Gasteiger partial charge in [-0.2, -0.15) is 5.10 Å². The summed E-state index contributed by atoms with van der Waals surface area (Å²) in [5.41, 5.74) is 9.57. The molecule has 4 heteroatoms. The molecule has 0 amide bonds. The average Bonchev–Trinajstić information content (AvgIpc) is 3.31. The van der Waals surface area contributed by atoms with E-state index in [1.165, 1.54) is 33.4 Å². The van der Waals surface area contributed by atoms with Crippen molar-refractivity contribution in [2.24, 2.45) is 0 Å². The predicted molar refractivity (Wildman–Crippen MR) is 128 cm³/mol. The maximum Gasteiger partial charge on any atom is 0.115 e. The molecular formula is C28H26N2O2. The predicted octanol–water partition coefficient (Wildman–Crippen LogP) is 5.54. The number of rotatable bonds is 6. The highest BCUT2D eigenvalue weighted by atomic mass is 16.3. The van der Waals surface area contributed by atoms with Crippen LogP contribution in [0.4, 0.5) is 0 Å². The summed E-state index contributed by atoms with van der Waals surface area (Å²) >= 11 is 0. The number of fused-ring (bicyclic) bond motifs is 1. The van der Waals surface area contributed by atoms with Gasteiger partial charge in [0.25, 0.3) is 0 Å². The first-order chi connectivity index (χ1) is 15.7. The summed E-state index contributed by atoms with van der Waals surface area (Å²) in [7, 11) is 0. The molecule has 0 radical (unpaired) electrons. The maximum atomic E-state index is 10.0. The van der Waals surface area contributed by atoms with Gasteiger partial charge in [-0.15, -0.1) is 0 Å². The summed E-state index contributed by atoms with van der Waals surface area (Å²) in [5, 5.41) is 23.4. The van der Waals surface area contributed by atoms with Crippen molar-refractivity contribution in [3.8, 4) is 16.9 Å². The molecule has 2 N–H and O–H groups in total. The van der Waals surface area contributed by atoms with Crippen molar-refractivity contribution < 1.29 is 10.2 Å². The largest absolute Gasteiger partial charge is 0.508 e. The van der Waals surface area contributed by atoms with Crippen molar-refractivity contribution in [1.29, 1.82) is 0 Å². The summed E-state index contributed by atoms with van der Waals surface area (Å²) in [4.78, 5) is 0. The minimum Gasteiger partial charge on any atom is -0.508 e. The first kappa shape index (κ1) is 20.3. The lowest BCUT2D eigenvalue weighted by molar-refractivity contribution is 0.277. The van der Waals surface area contributed by atoms with Gasteiger partial charge in [0.05, 0.1) is 6.20 Å². The van der Waals surface area contributed by atoms with Crippen LogP contribution >= 0.6 is 0 Å². The highest BCUT2D eigenvalue weighted by Gasteiger charge is 2.22. The van der Waals surface area contributed by atoms with Gasteiger partial charge >= 0.3 is 0 Å². The van der Waals surface area contributed by atoms with E-state index in [4.69, 9.17) is 5.11 Å². The third kappa shape index (κ3) is 3.97. The third-order valence-electron chi connectivity index (χ3n) is 6.11. The number of allylic oxidation sites excluding steroid dienone is 1. The summed E-state index contributed by atoms with van der Waals surface area (Å²) < 4.78 is 1.87. The Balaban J connectivity index is 1.56. The number of aromatic hydroxyl groups is 1. The van der Waals surface area contributed by atoms with Crippen LogP contribution in [-0.2, 0) is 13.0 Å². The number of phenols is 1. The van der Waals surface area contributed by atoms with Gasteiger partial charge in [0, 0.05) is 24.9 Å². The molecule has 3 aromatic carbocycles. The van der Waals surface area contributed by atoms with Crippen LogP contribution in [0.5, 0.6) is 5.75 Å². The van der Waals surface area contributed by atoms with Crippen LogP contribution in [0, 0.1) is 0 Å². The number of hydrogen-bond acceptors (Lipinski definition) is 3. The van der Waals surface area contributed by atoms with Gasteiger partial charge in [0.15, 0.2) is 0 Å². The topological polar surface area (TPSA) is 58.3 Å². The van der Waals surface area contributed by atoms with E-state index in [1.807, 2.05) is 35.3 Å². The zero-order valence-corrected chi connectivity index (χ0v) is 17.9. The van der Waals surface area contributed by atoms with Crippen molar-refractivity contribution >= 4 is 11.1 Å². The molecule has 32 heavy (non-hydrogen) atoms. The number of phenolic OH excluding ortho intramolecular Hbond substituents is 1. The fourth-order valence-corrected chi connectivity index (χ4v) is 4.53. The van der Waals surface area contributed by atoms with Crippen molar-refractivity contribution in [2.45, 2.75) is 25.8 Å². The van der Waals surface area contributed by atoms with Crippen molar-refractivity contribution in [1.82, 2.24) is 9.78 Å². The lowest BCUT2D eigenvalue weighted by Gasteiger charge is -2.25. The van der Waals surface area contributed by atoms with Gasteiger partial charge in [-0.25, -0.2) is 0 Å². The molecule has 1 aromatic heterocycles. The Morgan fingerprint density at radius 1 is 0.812 bits per heavy atom. The van der Waals surface area contributed by atoms with Crippen molar-refractivity contribution in [3.05, 3.63) is 107 Å². The number of nitrogens with zero attached hydrogens (tertiary/aromatic N) is 2. The Hall–Kier alpha value is -3.63. The highest BCUT2D eigenvalue weighted by molar-refractivity contribution is 6.01. The second-order valence-electron chi connectivity index (χ2n) is 8.21. The standard InChI is InChI=1S/C28H26N2O2/c31-16-4-15-30-19-24(18-29-30)20-7-9-22(10-8-20)28-26(21-5-2-1-3-6-21)13-11-23-17-25(32)12-14-27(23)28/h1-3,5-10,12,14,17-19,31-32H,4,11,13,15-16H2. The monoisotopic (exact) mass is 422 g/mol. The summed E-state index contributed by atoms with van der Waals surface area (Å²) in [6.45, 7) is 0.882. The summed E-state index contributed by atoms with van der Waals surface area (Å²) in [6, 6.07) is 24.9. The number of aryl methyl sites for hydroxylation is 2. The summed E-state index contributed by atoms with van der Waals surface area (Å²) in [5.74, 6) is 0.319. The quantitative estimate of drug-likeness (QED) is 0.429. The molecule has 4 aromatic rings. The van der Waals surface area contributed by atoms with Crippen LogP contribution in [0.25, 0.3) is 22.3 Å². The molecule has 1 aliphatic carbocycles. The van der Waals surface area contributed by atoms with Gasteiger partial charge in [-0.3, -0.25) is 4.68 Å². The zero-order valence-electron chi connectivity index (χ0n) is 17.9. The number of benzene rings is 3. The Labute approximate surface area is 188 Å². The van der Waals surface area contributed by atoms with Crippen LogP contribution in [0.2, 0.25) is 0 Å². The molecule has 0 spiro atoms. The first-order valence-electron chi connectivity index (χ1n) is 11.1. The fourth-order valence-electron chi connectivity index (χ4n) is 4.53. The smallest absolute Gasteiger partial charge is 0.115 e. The van der Waals surface area contributed by atoms with Gasteiger partial charge in [-0.1, -0.05) is 60.7 Å². The van der Waals surface area contributed by atoms with Crippen LogP contribution in [-0.4, -0.2) is 26.6 Å². The lowest BCUT2D eigenvalue weighted by Crippen LogP contribution is -2.06. The molecule has 5 rings (SSSR count). The van der Waals surface area contributed by atoms with Crippen LogP contribution in [0.3, 0.4) is 0 Å². The van der Waals surface area contributed by atoms with E-state index in [2.05, 4.69) is 53.6 Å². The SMILES string of the molecule is OCCCn1cc(-c2ccc(C3=C(c4ccccc4)CCc4cc(O)ccc43)cc2)cn1. The van der Waals surface area contributed by atoms with Gasteiger partial charge < -0.3 is 10.2 Å². The molecule has 1 heterocycles. The van der Waals surface area contributed by atoms with Crippen LogP contribution in [0.15, 0.2) is 85.2 Å². The zero-order chi connectivity index (χ0) is 21.9. The van der Waals surface area contributed by atoms with E-state index in [0.29, 0.717) is 18.7 Å². The second kappa shape index (κ2) is 8.85. The van der Waals surface area contributed by atoms with Crippen molar-refractivity contribution in [3.63, 3.8) is 0 Å². The number of aliphatic hydroxyl groups excluding tert-OH is 1. The Bertz CT molecular complexity index is 1250. The molecule has 0 bridgehead atoms. The minimum atomic E-state index is 0.169. The van der Waals surface area contributed by atoms with Gasteiger partial charge in [-0.05, 0) is 70.4 Å². The molecule has 0 fully saturated rings. The van der Waals surface area contributed by atoms with E-state index in [9.17, 15) is 5.11 Å². The number of aromatic nitrogens is 2.